The molecular weight excluding hydrogens is 438 g/mol. The van der Waals surface area contributed by atoms with E-state index in [2.05, 4.69) is 123 Å². The molecule has 0 amide bonds. The summed E-state index contributed by atoms with van der Waals surface area (Å²) in [5, 5.41) is 7.55. The van der Waals surface area contributed by atoms with Crippen LogP contribution in [-0.2, 0) is 0 Å². The summed E-state index contributed by atoms with van der Waals surface area (Å²) in [7, 11) is 0. The van der Waals surface area contributed by atoms with E-state index in [4.69, 9.17) is 0 Å². The number of hydrogen-bond acceptors (Lipinski definition) is 1. The van der Waals surface area contributed by atoms with Gasteiger partial charge in [-0.05, 0) is 41.8 Å². The second-order valence-electron chi connectivity index (χ2n) is 9.27. The molecule has 3 heterocycles. The maximum Gasteiger partial charge on any atom is 0.0645 e. The van der Waals surface area contributed by atoms with E-state index < -0.39 is 0 Å². The Morgan fingerprint density at radius 3 is 2.03 bits per heavy atom. The van der Waals surface area contributed by atoms with Crippen LogP contribution in [0.25, 0.3) is 65.8 Å². The summed E-state index contributed by atoms with van der Waals surface area (Å²) in [5.41, 5.74) is 7.09. The van der Waals surface area contributed by atoms with Crippen molar-refractivity contribution in [3.8, 4) is 11.4 Å². The van der Waals surface area contributed by atoms with Crippen LogP contribution in [0.15, 0.2) is 128 Å². The van der Waals surface area contributed by atoms with Gasteiger partial charge in [0.1, 0.15) is 0 Å². The largest absolute Gasteiger partial charge is 0.308 e. The van der Waals surface area contributed by atoms with Gasteiger partial charge >= 0.3 is 0 Å². The summed E-state index contributed by atoms with van der Waals surface area (Å²) >= 11 is 0. The Morgan fingerprint density at radius 1 is 0.444 bits per heavy atom. The molecule has 0 spiro atoms. The maximum absolute atomic E-state index is 4.42. The first kappa shape index (κ1) is 19.4. The van der Waals surface area contributed by atoms with Gasteiger partial charge in [0.15, 0.2) is 0 Å². The molecular formula is C33H21N3. The minimum Gasteiger partial charge on any atom is -0.308 e. The molecule has 0 fully saturated rings. The van der Waals surface area contributed by atoms with Crippen molar-refractivity contribution in [1.82, 2.24) is 14.1 Å². The van der Waals surface area contributed by atoms with Crippen molar-refractivity contribution in [2.75, 3.05) is 0 Å². The maximum atomic E-state index is 4.42. The summed E-state index contributed by atoms with van der Waals surface area (Å²) in [4.78, 5) is 4.42. The van der Waals surface area contributed by atoms with Crippen LogP contribution in [0.4, 0.5) is 0 Å². The lowest BCUT2D eigenvalue weighted by molar-refractivity contribution is 1.14. The molecule has 8 aromatic rings. The molecule has 5 aromatic carbocycles. The Kier molecular flexibility index (Phi) is 3.94. The van der Waals surface area contributed by atoms with Gasteiger partial charge in [-0.1, -0.05) is 78.9 Å². The second-order valence-corrected chi connectivity index (χ2v) is 9.27. The van der Waals surface area contributed by atoms with E-state index in [-0.39, 0.29) is 0 Å². The molecule has 0 aliphatic heterocycles. The number of benzene rings is 5. The van der Waals surface area contributed by atoms with E-state index >= 15 is 0 Å². The minimum atomic E-state index is 1.07. The smallest absolute Gasteiger partial charge is 0.0645 e. The Labute approximate surface area is 207 Å². The first-order chi connectivity index (χ1) is 17.9. The Morgan fingerprint density at radius 2 is 1.17 bits per heavy atom. The lowest BCUT2D eigenvalue weighted by Crippen LogP contribution is -1.95. The Hall–Kier alpha value is -4.89. The second kappa shape index (κ2) is 7.30. The highest BCUT2D eigenvalue weighted by atomic mass is 15.0. The van der Waals surface area contributed by atoms with Crippen molar-refractivity contribution < 1.29 is 0 Å². The van der Waals surface area contributed by atoms with Crippen molar-refractivity contribution in [2.24, 2.45) is 0 Å². The van der Waals surface area contributed by atoms with Crippen LogP contribution in [0.2, 0.25) is 0 Å². The molecule has 0 atom stereocenters. The summed E-state index contributed by atoms with van der Waals surface area (Å²) in [6.07, 6.45) is 3.77. The van der Waals surface area contributed by atoms with E-state index in [1.807, 2.05) is 18.5 Å². The van der Waals surface area contributed by atoms with Gasteiger partial charge in [0, 0.05) is 38.8 Å². The molecule has 3 heteroatoms. The number of rotatable bonds is 2. The van der Waals surface area contributed by atoms with E-state index in [1.165, 1.54) is 60.1 Å². The standard InChI is InChI=1S/C33H21N3/c1-2-10-23(11-3-1)36-32-25-13-5-4-9-22(25)16-17-26(32)27-18-19-30-31(33(27)36)28-14-6-7-15-29(28)35(30)24-12-8-20-34-21-24/h1-21H. The van der Waals surface area contributed by atoms with Gasteiger partial charge in [0.05, 0.1) is 34.0 Å². The Bertz CT molecular complexity index is 2080. The highest BCUT2D eigenvalue weighted by Crippen LogP contribution is 2.43. The van der Waals surface area contributed by atoms with Crippen molar-refractivity contribution >= 4 is 54.4 Å². The highest BCUT2D eigenvalue weighted by molar-refractivity contribution is 6.28. The summed E-state index contributed by atoms with van der Waals surface area (Å²) in [6.45, 7) is 0. The zero-order chi connectivity index (χ0) is 23.6. The molecule has 0 unspecified atom stereocenters. The van der Waals surface area contributed by atoms with Crippen molar-refractivity contribution in [2.45, 2.75) is 0 Å². The molecule has 0 bridgehead atoms. The lowest BCUT2D eigenvalue weighted by atomic mass is 10.0. The number of nitrogens with zero attached hydrogens (tertiary/aromatic N) is 3. The van der Waals surface area contributed by atoms with Gasteiger partial charge in [-0.3, -0.25) is 4.98 Å². The van der Waals surface area contributed by atoms with Gasteiger partial charge in [-0.2, -0.15) is 0 Å². The zero-order valence-corrected chi connectivity index (χ0v) is 19.5. The van der Waals surface area contributed by atoms with Crippen LogP contribution in [0.3, 0.4) is 0 Å². The van der Waals surface area contributed by atoms with E-state index in [0.29, 0.717) is 0 Å². The van der Waals surface area contributed by atoms with Crippen molar-refractivity contribution in [3.63, 3.8) is 0 Å². The average Bonchev–Trinajstić information content (AvgIpc) is 3.47. The van der Waals surface area contributed by atoms with Gasteiger partial charge in [-0.15, -0.1) is 0 Å². The van der Waals surface area contributed by atoms with E-state index in [9.17, 15) is 0 Å². The lowest BCUT2D eigenvalue weighted by Gasteiger charge is -2.11. The van der Waals surface area contributed by atoms with E-state index in [1.54, 1.807) is 0 Å². The first-order valence-corrected chi connectivity index (χ1v) is 12.2. The third-order valence-corrected chi connectivity index (χ3v) is 7.37. The third kappa shape index (κ3) is 2.54. The molecule has 0 aliphatic carbocycles. The molecule has 0 aliphatic rings. The molecule has 0 radical (unpaired) electrons. The predicted octanol–water partition coefficient (Wildman–Crippen LogP) is 8.43. The fraction of sp³-hybridized carbons (Fsp3) is 0. The molecule has 36 heavy (non-hydrogen) atoms. The minimum absolute atomic E-state index is 1.07. The van der Waals surface area contributed by atoms with Crippen LogP contribution < -0.4 is 0 Å². The van der Waals surface area contributed by atoms with Crippen molar-refractivity contribution in [3.05, 3.63) is 128 Å². The normalized spacial score (nSPS) is 11.9. The third-order valence-electron chi connectivity index (χ3n) is 7.37. The van der Waals surface area contributed by atoms with Gasteiger partial charge in [0.25, 0.3) is 0 Å². The van der Waals surface area contributed by atoms with Gasteiger partial charge in [-0.25, -0.2) is 0 Å². The molecule has 0 N–H and O–H groups in total. The predicted molar refractivity (Wildman–Crippen MR) is 150 cm³/mol. The molecule has 0 saturated heterocycles. The highest BCUT2D eigenvalue weighted by Gasteiger charge is 2.21. The summed E-state index contributed by atoms with van der Waals surface area (Å²) in [5.74, 6) is 0. The molecule has 3 aromatic heterocycles. The van der Waals surface area contributed by atoms with Crippen molar-refractivity contribution in [1.29, 1.82) is 0 Å². The molecule has 3 nitrogen and oxygen atoms in total. The number of para-hydroxylation sites is 2. The fourth-order valence-electron chi connectivity index (χ4n) is 5.92. The van der Waals surface area contributed by atoms with Gasteiger partial charge < -0.3 is 9.13 Å². The summed E-state index contributed by atoms with van der Waals surface area (Å²) < 4.78 is 4.80. The number of hydrogen-bond donors (Lipinski definition) is 0. The number of aromatic nitrogens is 3. The van der Waals surface area contributed by atoms with Crippen LogP contribution in [0.1, 0.15) is 0 Å². The molecule has 8 rings (SSSR count). The topological polar surface area (TPSA) is 22.8 Å². The van der Waals surface area contributed by atoms with Crippen LogP contribution in [-0.4, -0.2) is 14.1 Å². The monoisotopic (exact) mass is 459 g/mol. The SMILES string of the molecule is c1ccc(-n2c3c4ccccc4ccc3c3ccc4c(c5ccccc5n4-c4cccnc4)c32)cc1. The molecule has 0 saturated carbocycles. The average molecular weight is 460 g/mol. The summed E-state index contributed by atoms with van der Waals surface area (Å²) in [6, 6.07) is 41.4. The number of fused-ring (bicyclic) bond motifs is 9. The molecule has 168 valence electrons. The quantitative estimate of drug-likeness (QED) is 0.254. The number of pyridine rings is 1. The zero-order valence-electron chi connectivity index (χ0n) is 19.5. The van der Waals surface area contributed by atoms with Gasteiger partial charge in [0.2, 0.25) is 0 Å². The van der Waals surface area contributed by atoms with Crippen LogP contribution in [0, 0.1) is 0 Å². The fourth-order valence-corrected chi connectivity index (χ4v) is 5.92. The first-order valence-electron chi connectivity index (χ1n) is 12.2. The van der Waals surface area contributed by atoms with Crippen LogP contribution >= 0.6 is 0 Å². The van der Waals surface area contributed by atoms with E-state index in [0.717, 1.165) is 5.69 Å². The van der Waals surface area contributed by atoms with Crippen LogP contribution in [0.5, 0.6) is 0 Å². The Balaban J connectivity index is 1.68.